The van der Waals surface area contributed by atoms with Gasteiger partial charge in [-0.15, -0.1) is 22.7 Å². The second-order valence-corrected chi connectivity index (χ2v) is 13.1. The third-order valence-electron chi connectivity index (χ3n) is 7.54. The third kappa shape index (κ3) is 7.82. The fourth-order valence-corrected chi connectivity index (χ4v) is 7.44. The molecular formula is C36H42N4S2. The first-order valence-corrected chi connectivity index (χ1v) is 16.9. The number of aromatic nitrogens is 2. The maximum Gasteiger partial charge on any atom is 0.0944 e. The molecule has 0 aromatic carbocycles. The van der Waals surface area contributed by atoms with Gasteiger partial charge in [-0.2, -0.15) is 10.5 Å². The number of allylic oxidation sites excluding steroid dienone is 2. The van der Waals surface area contributed by atoms with Gasteiger partial charge in [0.05, 0.1) is 33.3 Å². The van der Waals surface area contributed by atoms with E-state index in [1.54, 1.807) is 0 Å². The summed E-state index contributed by atoms with van der Waals surface area (Å²) in [6, 6.07) is 22.2. The zero-order valence-electron chi connectivity index (χ0n) is 25.4. The van der Waals surface area contributed by atoms with Crippen LogP contribution in [0.1, 0.15) is 90.4 Å². The van der Waals surface area contributed by atoms with E-state index in [0.29, 0.717) is 0 Å². The summed E-state index contributed by atoms with van der Waals surface area (Å²) in [4.78, 5) is 5.05. The second-order valence-electron chi connectivity index (χ2n) is 10.9. The molecule has 0 atom stereocenters. The molecule has 4 heterocycles. The molecule has 0 spiro atoms. The maximum atomic E-state index is 9.36. The minimum Gasteiger partial charge on any atom is -0.340 e. The molecule has 0 fully saturated rings. The predicted octanol–water partition coefficient (Wildman–Crippen LogP) is 11.4. The smallest absolute Gasteiger partial charge is 0.0944 e. The Hall–Kier alpha value is -3.58. The molecule has 0 aliphatic heterocycles. The van der Waals surface area contributed by atoms with Crippen molar-refractivity contribution in [3.63, 3.8) is 0 Å². The molecule has 0 amide bonds. The van der Waals surface area contributed by atoms with Crippen LogP contribution >= 0.6 is 22.7 Å². The molecule has 0 N–H and O–H groups in total. The van der Waals surface area contributed by atoms with Crippen LogP contribution in [-0.2, 0) is 13.1 Å². The van der Waals surface area contributed by atoms with E-state index in [-0.39, 0.29) is 0 Å². The number of hydrogen-bond acceptors (Lipinski definition) is 4. The summed E-state index contributed by atoms with van der Waals surface area (Å²) in [7, 11) is 0. The van der Waals surface area contributed by atoms with Crippen LogP contribution in [0.5, 0.6) is 0 Å². The van der Waals surface area contributed by atoms with Crippen LogP contribution < -0.4 is 0 Å². The van der Waals surface area contributed by atoms with E-state index < -0.39 is 0 Å². The van der Waals surface area contributed by atoms with E-state index in [4.69, 9.17) is 0 Å². The number of nitrogens with zero attached hydrogens (tertiary/aromatic N) is 4. The van der Waals surface area contributed by atoms with Crippen LogP contribution in [0.3, 0.4) is 0 Å². The van der Waals surface area contributed by atoms with E-state index in [0.717, 1.165) is 48.5 Å². The number of rotatable bonds is 15. The quantitative estimate of drug-likeness (QED) is 0.101. The number of nitriles is 2. The monoisotopic (exact) mass is 594 g/mol. The summed E-state index contributed by atoms with van der Waals surface area (Å²) in [5.74, 6) is 0. The molecule has 0 unspecified atom stereocenters. The fraction of sp³-hybridized carbons (Fsp3) is 0.389. The van der Waals surface area contributed by atoms with E-state index in [9.17, 15) is 10.5 Å². The highest BCUT2D eigenvalue weighted by Crippen LogP contribution is 2.41. The summed E-state index contributed by atoms with van der Waals surface area (Å²) < 4.78 is 4.77. The highest BCUT2D eigenvalue weighted by atomic mass is 32.1. The van der Waals surface area contributed by atoms with Crippen LogP contribution in [0.15, 0.2) is 59.7 Å². The Kier molecular flexibility index (Phi) is 11.6. The molecule has 0 bridgehead atoms. The van der Waals surface area contributed by atoms with Gasteiger partial charge in [-0.1, -0.05) is 52.4 Å². The van der Waals surface area contributed by atoms with Crippen LogP contribution in [0.2, 0.25) is 0 Å². The highest BCUT2D eigenvalue weighted by molar-refractivity contribution is 7.25. The van der Waals surface area contributed by atoms with E-state index in [2.05, 4.69) is 83.7 Å². The Balaban J connectivity index is 1.62. The van der Waals surface area contributed by atoms with Gasteiger partial charge in [-0.3, -0.25) is 0 Å². The summed E-state index contributed by atoms with van der Waals surface area (Å²) in [5, 5.41) is 18.7. The predicted molar refractivity (Wildman–Crippen MR) is 181 cm³/mol. The average molecular weight is 595 g/mol. The molecule has 0 radical (unpaired) electrons. The normalized spacial score (nSPS) is 12.0. The van der Waals surface area contributed by atoms with Crippen molar-refractivity contribution in [3.05, 3.63) is 71.1 Å². The Morgan fingerprint density at radius 2 is 1.00 bits per heavy atom. The van der Waals surface area contributed by atoms with Gasteiger partial charge < -0.3 is 9.13 Å². The number of unbranched alkanes of at least 4 members (excludes halogenated alkanes) is 6. The molecule has 218 valence electrons. The summed E-state index contributed by atoms with van der Waals surface area (Å²) >= 11 is 3.67. The van der Waals surface area contributed by atoms with Gasteiger partial charge >= 0.3 is 0 Å². The average Bonchev–Trinajstić information content (AvgIpc) is 3.80. The standard InChI is InChI=1S/C36H42N4S2/c1-5-7-9-11-21-39-29(23-27(3)25-37)13-15-31(39)33-17-19-35(41-33)36-20-18-34(42-36)32-16-14-30(24-28(4)26-38)40(32)22-12-10-8-6-2/h13-20,23-24H,5-12,21-22H2,1-4H3/b27-23-,28-24-. The maximum absolute atomic E-state index is 9.36. The Bertz CT molecular complexity index is 1490. The van der Waals surface area contributed by atoms with Crippen LogP contribution in [0.25, 0.3) is 43.0 Å². The molecule has 4 rings (SSSR count). The molecule has 0 aliphatic carbocycles. The van der Waals surface area contributed by atoms with Crippen LogP contribution in [0.4, 0.5) is 0 Å². The topological polar surface area (TPSA) is 57.4 Å². The van der Waals surface area contributed by atoms with Gasteiger partial charge in [0.2, 0.25) is 0 Å². The molecule has 4 nitrogen and oxygen atoms in total. The van der Waals surface area contributed by atoms with E-state index >= 15 is 0 Å². The van der Waals surface area contributed by atoms with Crippen molar-refractivity contribution in [2.24, 2.45) is 0 Å². The lowest BCUT2D eigenvalue weighted by Gasteiger charge is -2.11. The van der Waals surface area contributed by atoms with Gasteiger partial charge in [-0.05, 0) is 87.4 Å². The Labute approximate surface area is 259 Å². The van der Waals surface area contributed by atoms with Gasteiger partial charge in [0.15, 0.2) is 0 Å². The zero-order chi connectivity index (χ0) is 29.9. The van der Waals surface area contributed by atoms with Crippen molar-refractivity contribution in [1.29, 1.82) is 10.5 Å². The molecule has 0 saturated carbocycles. The lowest BCUT2D eigenvalue weighted by atomic mass is 10.2. The van der Waals surface area contributed by atoms with Crippen molar-refractivity contribution in [1.82, 2.24) is 9.13 Å². The molecule has 0 saturated heterocycles. The molecule has 42 heavy (non-hydrogen) atoms. The minimum absolute atomic E-state index is 0.726. The largest absolute Gasteiger partial charge is 0.340 e. The summed E-state index contributed by atoms with van der Waals surface area (Å²) in [6.07, 6.45) is 13.7. The van der Waals surface area contributed by atoms with Gasteiger partial charge in [-0.25, -0.2) is 0 Å². The lowest BCUT2D eigenvalue weighted by molar-refractivity contribution is 0.585. The number of hydrogen-bond donors (Lipinski definition) is 0. The van der Waals surface area contributed by atoms with Crippen molar-refractivity contribution in [2.45, 2.75) is 92.2 Å². The third-order valence-corrected chi connectivity index (χ3v) is 9.95. The molecule has 6 heteroatoms. The van der Waals surface area contributed by atoms with E-state index in [1.165, 1.54) is 69.4 Å². The molecule has 0 aliphatic rings. The van der Waals surface area contributed by atoms with Crippen molar-refractivity contribution >= 4 is 34.8 Å². The zero-order valence-corrected chi connectivity index (χ0v) is 27.1. The van der Waals surface area contributed by atoms with Gasteiger partial charge in [0.25, 0.3) is 0 Å². The number of thiophene rings is 2. The second kappa shape index (κ2) is 15.6. The summed E-state index contributed by atoms with van der Waals surface area (Å²) in [6.45, 7) is 10.1. The minimum atomic E-state index is 0.726. The van der Waals surface area contributed by atoms with Gasteiger partial charge in [0.1, 0.15) is 0 Å². The SMILES string of the molecule is CCCCCCn1c(/C=C(/C)C#N)ccc1-c1ccc(-c2ccc(-c3ccc(/C=C(/C)C#N)n3CCCCCC)s2)s1. The van der Waals surface area contributed by atoms with Crippen LogP contribution in [0, 0.1) is 22.7 Å². The summed E-state index contributed by atoms with van der Waals surface area (Å²) in [5.41, 5.74) is 6.10. The highest BCUT2D eigenvalue weighted by Gasteiger charge is 2.16. The molecular weight excluding hydrogens is 553 g/mol. The molecule has 4 aromatic heterocycles. The lowest BCUT2D eigenvalue weighted by Crippen LogP contribution is -2.02. The Morgan fingerprint density at radius 1 is 0.595 bits per heavy atom. The van der Waals surface area contributed by atoms with Crippen molar-refractivity contribution < 1.29 is 0 Å². The van der Waals surface area contributed by atoms with Crippen molar-refractivity contribution in [2.75, 3.05) is 0 Å². The fourth-order valence-electron chi connectivity index (χ4n) is 5.27. The Morgan fingerprint density at radius 3 is 1.38 bits per heavy atom. The first-order chi connectivity index (χ1) is 20.5. The first kappa shape index (κ1) is 31.4. The van der Waals surface area contributed by atoms with Crippen molar-refractivity contribution in [3.8, 4) is 43.0 Å². The van der Waals surface area contributed by atoms with Crippen LogP contribution in [-0.4, -0.2) is 9.13 Å². The van der Waals surface area contributed by atoms with E-state index in [1.807, 2.05) is 48.7 Å². The first-order valence-electron chi connectivity index (χ1n) is 15.3. The molecule has 4 aromatic rings. The van der Waals surface area contributed by atoms with Gasteiger partial charge in [0, 0.05) is 45.4 Å².